The number of thiazole rings is 1. The molecule has 2 aromatic rings. The zero-order chi connectivity index (χ0) is 23.7. The average Bonchev–Trinajstić information content (AvgIpc) is 3.40. The van der Waals surface area contributed by atoms with E-state index in [1.807, 2.05) is 0 Å². The van der Waals surface area contributed by atoms with Crippen LogP contribution < -0.4 is 40.4 Å². The molecule has 0 aliphatic carbocycles. The van der Waals surface area contributed by atoms with Crippen LogP contribution in [-0.2, 0) is 14.4 Å². The number of thioether (sulfide) groups is 1. The Balaban J connectivity index is 0.00000324. The van der Waals surface area contributed by atoms with Crippen LogP contribution >= 0.6 is 23.1 Å². The molecular formula is C19H17N6NaO6S2. The van der Waals surface area contributed by atoms with Gasteiger partial charge in [0.05, 0.1) is 5.69 Å². The number of amides is 1. The Hall–Kier alpha value is -2.65. The van der Waals surface area contributed by atoms with Crippen LogP contribution in [0, 0.1) is 6.92 Å². The van der Waals surface area contributed by atoms with E-state index in [9.17, 15) is 19.8 Å². The minimum atomic E-state index is -1.26. The summed E-state index contributed by atoms with van der Waals surface area (Å²) in [5.41, 5.74) is 6.54. The minimum absolute atomic E-state index is 0. The van der Waals surface area contributed by atoms with Crippen molar-refractivity contribution >= 4 is 57.8 Å². The number of carbonyl (C=O) groups is 2. The van der Waals surface area contributed by atoms with Gasteiger partial charge in [-0.2, -0.15) is 0 Å². The van der Waals surface area contributed by atoms with Crippen molar-refractivity contribution in [3.63, 3.8) is 0 Å². The first-order valence-electron chi connectivity index (χ1n) is 9.40. The molecule has 2 atom stereocenters. The molecule has 1 saturated heterocycles. The van der Waals surface area contributed by atoms with Gasteiger partial charge in [0.1, 0.15) is 29.6 Å². The number of aliphatic imine (C=N–C) groups is 1. The van der Waals surface area contributed by atoms with Crippen LogP contribution in [0.25, 0.3) is 6.08 Å². The molecule has 15 heteroatoms. The molecule has 2 aliphatic heterocycles. The predicted molar refractivity (Wildman–Crippen MR) is 119 cm³/mol. The van der Waals surface area contributed by atoms with Crippen molar-refractivity contribution in [3.05, 3.63) is 45.9 Å². The second-order valence-corrected chi connectivity index (χ2v) is 8.86. The molecular weight excluding hydrogens is 495 g/mol. The molecule has 2 aliphatic rings. The van der Waals surface area contributed by atoms with Crippen LogP contribution in [0.3, 0.4) is 0 Å². The van der Waals surface area contributed by atoms with Gasteiger partial charge >= 0.3 is 35.5 Å². The number of β-lactam (4-membered cyclic amide) rings is 1. The Morgan fingerprint density at radius 1 is 1.47 bits per heavy atom. The molecule has 34 heavy (non-hydrogen) atoms. The first-order chi connectivity index (χ1) is 15.8. The van der Waals surface area contributed by atoms with Crippen LogP contribution in [-0.4, -0.2) is 67.9 Å². The maximum Gasteiger partial charge on any atom is 1.00 e. The van der Waals surface area contributed by atoms with Crippen LogP contribution in [0.5, 0.6) is 0 Å². The number of anilines is 1. The third-order valence-electron chi connectivity index (χ3n) is 4.67. The summed E-state index contributed by atoms with van der Waals surface area (Å²) in [7, 11) is 1.26. The summed E-state index contributed by atoms with van der Waals surface area (Å²) in [6, 6.07) is 0.637. The molecule has 172 valence electrons. The molecule has 12 nitrogen and oxygen atoms in total. The Kier molecular flexibility index (Phi) is 8.20. The van der Waals surface area contributed by atoms with Gasteiger partial charge in [0.2, 0.25) is 0 Å². The molecule has 3 N–H and O–H groups in total. The number of nitrogen functional groups attached to an aromatic ring is 1. The van der Waals surface area contributed by atoms with Gasteiger partial charge in [-0.1, -0.05) is 16.4 Å². The second kappa shape index (κ2) is 10.7. The van der Waals surface area contributed by atoms with Crippen molar-refractivity contribution < 1.29 is 58.7 Å². The molecule has 2 unspecified atom stereocenters. The van der Waals surface area contributed by atoms with Gasteiger partial charge in [-0.05, 0) is 18.6 Å². The standard InChI is InChI=1S/C19H18N6O6S2.Na/c1-8-5-10(31-23-8)4-3-9-6-32-17-13(16(27)25(17)14(9)18(28)29)22-15(26)12(24-30-2)11-7-33-19(20)21-11;/h3-5,7,13,17H,6H2,1-2H3,(H2,20,21)(H,22,26)(H,28,29);/q;+1/p-1/b4-3+,24-12-;. The summed E-state index contributed by atoms with van der Waals surface area (Å²) in [6.45, 7) is 1.76. The van der Waals surface area contributed by atoms with E-state index < -0.39 is 29.2 Å². The van der Waals surface area contributed by atoms with Gasteiger partial charge in [0.25, 0.3) is 5.91 Å². The van der Waals surface area contributed by atoms with Gasteiger partial charge in [0.15, 0.2) is 16.9 Å². The van der Waals surface area contributed by atoms with Crippen LogP contribution in [0.15, 0.2) is 43.5 Å². The number of carbonyl (C=O) groups excluding carboxylic acids is 1. The van der Waals surface area contributed by atoms with E-state index in [1.54, 1.807) is 25.1 Å². The Labute approximate surface area is 223 Å². The topological polar surface area (TPSA) is 180 Å². The number of rotatable bonds is 7. The molecule has 0 radical (unpaired) electrons. The number of oxime groups is 1. The Bertz CT molecular complexity index is 1240. The van der Waals surface area contributed by atoms with E-state index in [4.69, 9.17) is 15.1 Å². The fourth-order valence-electron chi connectivity index (χ4n) is 3.25. The maximum atomic E-state index is 12.8. The van der Waals surface area contributed by atoms with E-state index in [-0.39, 0.29) is 51.8 Å². The van der Waals surface area contributed by atoms with Gasteiger partial charge in [-0.25, -0.2) is 9.78 Å². The van der Waals surface area contributed by atoms with Gasteiger partial charge in [-0.3, -0.25) is 14.7 Å². The number of nitrogens with two attached hydrogens (primary N) is 1. The average molecular weight is 513 g/mol. The van der Waals surface area contributed by atoms with Crippen LogP contribution in [0.4, 0.5) is 5.13 Å². The van der Waals surface area contributed by atoms with Crippen molar-refractivity contribution in [1.29, 1.82) is 0 Å². The van der Waals surface area contributed by atoms with E-state index in [0.717, 1.165) is 16.2 Å². The monoisotopic (exact) mass is 512 g/mol. The number of hydrogen-bond donors (Lipinski definition) is 2. The summed E-state index contributed by atoms with van der Waals surface area (Å²) in [4.78, 5) is 38.6. The first-order valence-corrected chi connectivity index (χ1v) is 11.3. The number of allylic oxidation sites excluding steroid dienone is 1. The van der Waals surface area contributed by atoms with E-state index >= 15 is 0 Å². The number of aliphatic carboxylic acids is 1. The molecule has 0 aromatic carbocycles. The number of fused-ring (bicyclic) bond motifs is 1. The smallest absolute Gasteiger partial charge is 0.857 e. The largest absolute Gasteiger partial charge is 1.00 e. The predicted octanol–water partition coefficient (Wildman–Crippen LogP) is -2.53. The summed E-state index contributed by atoms with van der Waals surface area (Å²) < 4.78 is 5.09. The molecule has 2 aromatic heterocycles. The third kappa shape index (κ3) is 5.05. The quantitative estimate of drug-likeness (QED) is 0.132. The Morgan fingerprint density at radius 2 is 2.24 bits per heavy atom. The van der Waals surface area contributed by atoms with Crippen molar-refractivity contribution in [2.45, 2.75) is 18.3 Å². The molecule has 4 heterocycles. The normalized spacial score (nSPS) is 20.8. The number of nitrogens with zero attached hydrogens (tertiary/aromatic N) is 5. The van der Waals surface area contributed by atoms with Crippen molar-refractivity contribution in [2.24, 2.45) is 10.1 Å². The summed E-state index contributed by atoms with van der Waals surface area (Å²) in [5.74, 6) is -1.92. The molecule has 4 rings (SSSR count). The minimum Gasteiger partial charge on any atom is -0.857 e. The third-order valence-corrected chi connectivity index (χ3v) is 6.64. The fraction of sp³-hybridized carbons (Fsp3) is 0.263. The SMILES string of the molecule is CO/N=C(\C([O-])=NC1C(=O)N2C(C(=O)O)=C(/C=C/c3cc(C)no3)CSC12)c1csc(N)n1.[Na+]. The van der Waals surface area contributed by atoms with Crippen molar-refractivity contribution in [3.8, 4) is 0 Å². The molecule has 1 amide bonds. The number of carboxylic acids is 1. The maximum absolute atomic E-state index is 12.8. The van der Waals surface area contributed by atoms with Crippen molar-refractivity contribution in [1.82, 2.24) is 15.0 Å². The number of carboxylic acid groups (broad SMARTS) is 1. The van der Waals surface area contributed by atoms with E-state index in [0.29, 0.717) is 22.8 Å². The summed E-state index contributed by atoms with van der Waals surface area (Å²) in [5, 5.41) is 31.0. The van der Waals surface area contributed by atoms with E-state index in [1.165, 1.54) is 24.3 Å². The van der Waals surface area contributed by atoms with Gasteiger partial charge < -0.3 is 25.3 Å². The summed E-state index contributed by atoms with van der Waals surface area (Å²) in [6.07, 6.45) is 3.16. The van der Waals surface area contributed by atoms with E-state index in [2.05, 4.69) is 20.3 Å². The summed E-state index contributed by atoms with van der Waals surface area (Å²) >= 11 is 2.41. The number of aryl methyl sites for hydroxylation is 1. The first kappa shape index (κ1) is 26.0. The number of aromatic nitrogens is 2. The van der Waals surface area contributed by atoms with Crippen LogP contribution in [0.1, 0.15) is 17.1 Å². The molecule has 1 fully saturated rings. The molecule has 0 saturated carbocycles. The number of hydrogen-bond acceptors (Lipinski definition) is 12. The zero-order valence-corrected chi connectivity index (χ0v) is 21.9. The van der Waals surface area contributed by atoms with Crippen molar-refractivity contribution in [2.75, 3.05) is 18.6 Å². The fourth-order valence-corrected chi connectivity index (χ4v) is 5.10. The van der Waals surface area contributed by atoms with Gasteiger partial charge in [0, 0.05) is 23.1 Å². The molecule has 0 spiro atoms. The Morgan fingerprint density at radius 3 is 2.82 bits per heavy atom. The zero-order valence-electron chi connectivity index (χ0n) is 18.3. The van der Waals surface area contributed by atoms with Crippen LogP contribution in [0.2, 0.25) is 0 Å². The molecule has 0 bridgehead atoms. The second-order valence-electron chi connectivity index (χ2n) is 6.87. The van der Waals surface area contributed by atoms with Gasteiger partial charge in [-0.15, -0.1) is 23.1 Å².